The minimum atomic E-state index is -0.837. The molecule has 0 amide bonds. The van der Waals surface area contributed by atoms with Crippen LogP contribution in [0.5, 0.6) is 17.2 Å². The fourth-order valence-corrected chi connectivity index (χ4v) is 6.93. The summed E-state index contributed by atoms with van der Waals surface area (Å²) in [6.07, 6.45) is 3.61. The molecule has 1 aliphatic rings. The molecule has 51 heavy (non-hydrogen) atoms. The van der Waals surface area contributed by atoms with Crippen LogP contribution in [-0.4, -0.2) is 40.4 Å². The van der Waals surface area contributed by atoms with Crippen LogP contribution in [0.1, 0.15) is 29.7 Å². The van der Waals surface area contributed by atoms with Crippen molar-refractivity contribution in [2.75, 3.05) is 20.0 Å². The lowest BCUT2D eigenvalue weighted by atomic mass is 9.93. The third kappa shape index (κ3) is 7.02. The van der Waals surface area contributed by atoms with E-state index in [2.05, 4.69) is 0 Å². The molecule has 15 heteroatoms. The molecule has 4 aromatic carbocycles. The van der Waals surface area contributed by atoms with Crippen molar-refractivity contribution in [3.8, 4) is 17.2 Å². The Balaban J connectivity index is 1.48. The molecule has 6 rings (SSSR count). The summed E-state index contributed by atoms with van der Waals surface area (Å²) in [6, 6.07) is 23.8. The number of nitrogens with zero attached hydrogens (tertiary/aromatic N) is 4. The van der Waals surface area contributed by atoms with Crippen molar-refractivity contribution in [3.63, 3.8) is 0 Å². The summed E-state index contributed by atoms with van der Waals surface area (Å²) in [5.41, 5.74) is 1.15. The second kappa shape index (κ2) is 14.8. The maximum absolute atomic E-state index is 14.3. The number of aromatic nitrogens is 1. The van der Waals surface area contributed by atoms with Crippen molar-refractivity contribution >= 4 is 52.2 Å². The molecule has 2 heterocycles. The van der Waals surface area contributed by atoms with Gasteiger partial charge >= 0.3 is 11.7 Å². The van der Waals surface area contributed by atoms with Crippen molar-refractivity contribution < 1.29 is 28.9 Å². The zero-order chi connectivity index (χ0) is 36.2. The van der Waals surface area contributed by atoms with Gasteiger partial charge in [0.05, 0.1) is 51.5 Å². The minimum Gasteiger partial charge on any atom is -0.493 e. The summed E-state index contributed by atoms with van der Waals surface area (Å²) in [5, 5.41) is 22.8. The van der Waals surface area contributed by atoms with Crippen LogP contribution >= 0.6 is 23.1 Å². The fourth-order valence-electron chi connectivity index (χ4n) is 5.52. The van der Waals surface area contributed by atoms with E-state index in [-0.39, 0.29) is 35.0 Å². The molecule has 0 saturated carbocycles. The number of hydrogen-bond acceptors (Lipinski definition) is 12. The first-order valence-electron chi connectivity index (χ1n) is 15.3. The zero-order valence-electron chi connectivity index (χ0n) is 27.3. The number of esters is 1. The Morgan fingerprint density at radius 1 is 0.961 bits per heavy atom. The highest BCUT2D eigenvalue weighted by molar-refractivity contribution is 7.98. The van der Waals surface area contributed by atoms with Gasteiger partial charge in [0.25, 0.3) is 11.2 Å². The number of benzene rings is 4. The summed E-state index contributed by atoms with van der Waals surface area (Å²) < 4.78 is 18.6. The number of thioether (sulfide) groups is 1. The van der Waals surface area contributed by atoms with Crippen molar-refractivity contribution in [1.82, 2.24) is 4.57 Å². The average molecular weight is 725 g/mol. The third-order valence-electron chi connectivity index (χ3n) is 7.86. The van der Waals surface area contributed by atoms with Crippen LogP contribution in [0.3, 0.4) is 0 Å². The lowest BCUT2D eigenvalue weighted by Crippen LogP contribution is -2.40. The number of thiazole rings is 1. The number of rotatable bonds is 11. The minimum absolute atomic E-state index is 0.105. The van der Waals surface area contributed by atoms with Crippen LogP contribution in [0.15, 0.2) is 111 Å². The van der Waals surface area contributed by atoms with Gasteiger partial charge in [-0.05, 0) is 60.7 Å². The number of carbonyl (C=O) groups is 1. The zero-order valence-corrected chi connectivity index (χ0v) is 28.9. The molecule has 1 aliphatic heterocycles. The Kier molecular flexibility index (Phi) is 10.1. The Morgan fingerprint density at radius 2 is 1.69 bits per heavy atom. The fraction of sp³-hybridized carbons (Fsp3) is 0.139. The predicted octanol–water partition coefficient (Wildman–Crippen LogP) is 6.27. The molecular formula is C36H28N4O9S2. The first-order valence-corrected chi connectivity index (χ1v) is 17.4. The van der Waals surface area contributed by atoms with Gasteiger partial charge in [-0.3, -0.25) is 29.6 Å². The molecule has 0 unspecified atom stereocenters. The lowest BCUT2D eigenvalue weighted by molar-refractivity contribution is -0.394. The molecule has 0 fully saturated rings. The van der Waals surface area contributed by atoms with Gasteiger partial charge in [0.1, 0.15) is 0 Å². The smallest absolute Gasteiger partial charge is 0.338 e. The van der Waals surface area contributed by atoms with Crippen molar-refractivity contribution in [2.24, 2.45) is 4.99 Å². The molecule has 5 aromatic rings. The highest BCUT2D eigenvalue weighted by Crippen LogP contribution is 2.39. The van der Waals surface area contributed by atoms with Crippen LogP contribution < -0.4 is 24.4 Å². The molecule has 1 atom stereocenters. The van der Waals surface area contributed by atoms with Crippen molar-refractivity contribution in [1.29, 1.82) is 0 Å². The van der Waals surface area contributed by atoms with E-state index in [0.29, 0.717) is 31.7 Å². The van der Waals surface area contributed by atoms with E-state index < -0.39 is 33.2 Å². The van der Waals surface area contributed by atoms with Gasteiger partial charge < -0.3 is 14.2 Å². The second-order valence-corrected chi connectivity index (χ2v) is 12.8. The van der Waals surface area contributed by atoms with Crippen LogP contribution in [-0.2, 0) is 9.53 Å². The molecule has 0 N–H and O–H groups in total. The van der Waals surface area contributed by atoms with Gasteiger partial charge in [0, 0.05) is 16.5 Å². The molecule has 258 valence electrons. The maximum Gasteiger partial charge on any atom is 0.338 e. The second-order valence-electron chi connectivity index (χ2n) is 10.9. The van der Waals surface area contributed by atoms with E-state index in [1.165, 1.54) is 17.7 Å². The highest BCUT2D eigenvalue weighted by atomic mass is 32.2. The molecule has 0 saturated heterocycles. The number of nitro groups is 2. The Labute approximate surface area is 298 Å². The molecule has 13 nitrogen and oxygen atoms in total. The number of fused-ring (bicyclic) bond motifs is 1. The van der Waals surface area contributed by atoms with Gasteiger partial charge in [-0.15, -0.1) is 11.8 Å². The predicted molar refractivity (Wildman–Crippen MR) is 192 cm³/mol. The number of carbonyl (C=O) groups excluding carboxylic acids is 1. The van der Waals surface area contributed by atoms with Gasteiger partial charge in [-0.2, -0.15) is 0 Å². The Hall–Kier alpha value is -6.06. The van der Waals surface area contributed by atoms with E-state index >= 15 is 0 Å². The molecule has 0 aliphatic carbocycles. The molecule has 0 spiro atoms. The first kappa shape index (κ1) is 34.8. The van der Waals surface area contributed by atoms with E-state index in [0.717, 1.165) is 34.4 Å². The summed E-state index contributed by atoms with van der Waals surface area (Å²) in [7, 11) is 1.38. The topological polar surface area (TPSA) is 165 Å². The van der Waals surface area contributed by atoms with Gasteiger partial charge in [0.2, 0.25) is 5.75 Å². The SMILES string of the molecule is CCOC(=O)C1=C(c2ccccc2)N=c2s/c(=C\c3ccc(Oc4ccc([N+](=O)[O-])cc4[N+](=O)[O-])c(OC)c3)c(=O)n2[C@@H]1c1ccc(SC)cc1. The summed E-state index contributed by atoms with van der Waals surface area (Å²) >= 11 is 2.72. The summed E-state index contributed by atoms with van der Waals surface area (Å²) in [5.74, 6) is -0.510. The first-order chi connectivity index (χ1) is 24.6. The lowest BCUT2D eigenvalue weighted by Gasteiger charge is -2.26. The number of nitro benzene ring substituents is 2. The Bertz CT molecular complexity index is 2390. The average Bonchev–Trinajstić information content (AvgIpc) is 3.45. The quantitative estimate of drug-likeness (QED) is 0.0656. The van der Waals surface area contributed by atoms with E-state index in [4.69, 9.17) is 19.2 Å². The van der Waals surface area contributed by atoms with E-state index in [1.54, 1.807) is 36.9 Å². The van der Waals surface area contributed by atoms with Crippen LogP contribution in [0.25, 0.3) is 11.8 Å². The molecule has 0 bridgehead atoms. The Morgan fingerprint density at radius 3 is 2.33 bits per heavy atom. The normalized spacial score (nSPS) is 14.0. The molecule has 1 aromatic heterocycles. The van der Waals surface area contributed by atoms with Gasteiger partial charge in [0.15, 0.2) is 16.3 Å². The molecule has 0 radical (unpaired) electrons. The maximum atomic E-state index is 14.3. The van der Waals surface area contributed by atoms with Crippen LogP contribution in [0.4, 0.5) is 11.4 Å². The number of ether oxygens (including phenoxy) is 3. The highest BCUT2D eigenvalue weighted by Gasteiger charge is 2.35. The van der Waals surface area contributed by atoms with E-state index in [9.17, 15) is 29.8 Å². The number of methoxy groups -OCH3 is 1. The van der Waals surface area contributed by atoms with Crippen LogP contribution in [0.2, 0.25) is 0 Å². The van der Waals surface area contributed by atoms with Crippen LogP contribution in [0, 0.1) is 20.2 Å². The van der Waals surface area contributed by atoms with Crippen molar-refractivity contribution in [2.45, 2.75) is 17.9 Å². The van der Waals surface area contributed by atoms with E-state index in [1.807, 2.05) is 60.9 Å². The van der Waals surface area contributed by atoms with Crippen molar-refractivity contribution in [3.05, 3.63) is 153 Å². The largest absolute Gasteiger partial charge is 0.493 e. The van der Waals surface area contributed by atoms with Gasteiger partial charge in [-0.25, -0.2) is 9.79 Å². The third-order valence-corrected chi connectivity index (χ3v) is 9.59. The summed E-state index contributed by atoms with van der Waals surface area (Å²) in [6.45, 7) is 1.85. The number of non-ortho nitro benzene ring substituents is 1. The standard InChI is InChI=1S/C36H28N4O9S2/c1-4-48-35(42)31-32(22-8-6-5-7-9-22)37-36-38(33(31)23-11-14-25(50-3)15-12-23)34(41)30(51-36)19-21-10-16-28(29(18-21)47-2)49-27-17-13-24(39(43)44)20-26(27)40(45)46/h5-20,33H,4H2,1-3H3/b30-19-/t33-/m1/s1. The number of hydrogen-bond donors (Lipinski definition) is 0. The van der Waals surface area contributed by atoms with Gasteiger partial charge in [-0.1, -0.05) is 59.9 Å². The molecular weight excluding hydrogens is 697 g/mol. The monoisotopic (exact) mass is 724 g/mol. The summed E-state index contributed by atoms with van der Waals surface area (Å²) in [4.78, 5) is 55.5.